The van der Waals surface area contributed by atoms with Crippen LogP contribution in [0.3, 0.4) is 0 Å². The molecule has 2 aromatic rings. The zero-order chi connectivity index (χ0) is 17.6. The van der Waals surface area contributed by atoms with Crippen molar-refractivity contribution in [2.45, 2.75) is 96.8 Å². The van der Waals surface area contributed by atoms with Gasteiger partial charge in [-0.1, -0.05) is 126 Å². The molecular formula is C25H38. The molecule has 0 bridgehead atoms. The van der Waals surface area contributed by atoms with Crippen LogP contribution in [-0.4, -0.2) is 0 Å². The van der Waals surface area contributed by atoms with Gasteiger partial charge in [-0.2, -0.15) is 0 Å². The van der Waals surface area contributed by atoms with Crippen LogP contribution in [0.5, 0.6) is 0 Å². The Hall–Kier alpha value is -1.30. The van der Waals surface area contributed by atoms with Crippen LogP contribution < -0.4 is 0 Å². The largest absolute Gasteiger partial charge is 0.0654 e. The SMILES string of the molecule is CCCCCCCCCCCCCCCc1ccc2ccccc2c1. The van der Waals surface area contributed by atoms with Gasteiger partial charge < -0.3 is 0 Å². The minimum absolute atomic E-state index is 1.24. The van der Waals surface area contributed by atoms with Crippen molar-refractivity contribution in [1.29, 1.82) is 0 Å². The normalized spacial score (nSPS) is 11.2. The van der Waals surface area contributed by atoms with Crippen LogP contribution in [-0.2, 0) is 6.42 Å². The Morgan fingerprint density at radius 3 is 1.64 bits per heavy atom. The van der Waals surface area contributed by atoms with Crippen LogP contribution in [0, 0.1) is 0 Å². The van der Waals surface area contributed by atoms with E-state index in [0.29, 0.717) is 0 Å². The van der Waals surface area contributed by atoms with Crippen LogP contribution >= 0.6 is 0 Å². The molecule has 25 heavy (non-hydrogen) atoms. The number of fused-ring (bicyclic) bond motifs is 1. The Kier molecular flexibility index (Phi) is 10.4. The Labute approximate surface area is 156 Å². The van der Waals surface area contributed by atoms with Crippen molar-refractivity contribution < 1.29 is 0 Å². The molecule has 0 heterocycles. The lowest BCUT2D eigenvalue weighted by atomic mass is 10.0. The van der Waals surface area contributed by atoms with Gasteiger partial charge in [-0.05, 0) is 29.2 Å². The fraction of sp³-hybridized carbons (Fsp3) is 0.600. The highest BCUT2D eigenvalue weighted by Gasteiger charge is 1.97. The van der Waals surface area contributed by atoms with Crippen molar-refractivity contribution in [1.82, 2.24) is 0 Å². The molecule has 0 amide bonds. The lowest BCUT2D eigenvalue weighted by Gasteiger charge is -2.05. The van der Waals surface area contributed by atoms with E-state index in [1.807, 2.05) is 0 Å². The predicted molar refractivity (Wildman–Crippen MR) is 113 cm³/mol. The van der Waals surface area contributed by atoms with E-state index in [-0.39, 0.29) is 0 Å². The van der Waals surface area contributed by atoms with Gasteiger partial charge in [0.15, 0.2) is 0 Å². The van der Waals surface area contributed by atoms with Gasteiger partial charge >= 0.3 is 0 Å². The van der Waals surface area contributed by atoms with Gasteiger partial charge in [0.1, 0.15) is 0 Å². The molecule has 0 spiro atoms. The highest BCUT2D eigenvalue weighted by atomic mass is 14.0. The number of aryl methyl sites for hydroxylation is 1. The summed E-state index contributed by atoms with van der Waals surface area (Å²) in [6, 6.07) is 15.6. The van der Waals surface area contributed by atoms with E-state index < -0.39 is 0 Å². The fourth-order valence-corrected chi connectivity index (χ4v) is 3.74. The summed E-state index contributed by atoms with van der Waals surface area (Å²) in [6.45, 7) is 2.29. The molecule has 0 atom stereocenters. The van der Waals surface area contributed by atoms with E-state index in [1.54, 1.807) is 0 Å². The van der Waals surface area contributed by atoms with Gasteiger partial charge in [0.25, 0.3) is 0 Å². The third-order valence-corrected chi connectivity index (χ3v) is 5.38. The lowest BCUT2D eigenvalue weighted by molar-refractivity contribution is 0.539. The predicted octanol–water partition coefficient (Wildman–Crippen LogP) is 8.47. The maximum absolute atomic E-state index is 2.37. The van der Waals surface area contributed by atoms with Crippen molar-refractivity contribution in [3.63, 3.8) is 0 Å². The highest BCUT2D eigenvalue weighted by molar-refractivity contribution is 5.82. The second kappa shape index (κ2) is 13.0. The zero-order valence-corrected chi connectivity index (χ0v) is 16.4. The van der Waals surface area contributed by atoms with Crippen molar-refractivity contribution in [2.24, 2.45) is 0 Å². The van der Waals surface area contributed by atoms with Crippen LogP contribution in [0.4, 0.5) is 0 Å². The summed E-state index contributed by atoms with van der Waals surface area (Å²) >= 11 is 0. The number of unbranched alkanes of at least 4 members (excludes halogenated alkanes) is 12. The molecule has 0 aliphatic heterocycles. The molecule has 2 aromatic carbocycles. The van der Waals surface area contributed by atoms with Crippen LogP contribution in [0.25, 0.3) is 10.8 Å². The first-order valence-corrected chi connectivity index (χ1v) is 10.9. The maximum Gasteiger partial charge on any atom is -0.0181 e. The summed E-state index contributed by atoms with van der Waals surface area (Å²) in [5.74, 6) is 0. The van der Waals surface area contributed by atoms with Crippen molar-refractivity contribution >= 4 is 10.8 Å². The second-order valence-corrected chi connectivity index (χ2v) is 7.67. The van der Waals surface area contributed by atoms with E-state index in [2.05, 4.69) is 49.4 Å². The van der Waals surface area contributed by atoms with Crippen molar-refractivity contribution in [3.8, 4) is 0 Å². The molecule has 0 saturated carbocycles. The molecule has 0 unspecified atom stereocenters. The summed E-state index contributed by atoms with van der Waals surface area (Å²) in [5.41, 5.74) is 1.50. The van der Waals surface area contributed by atoms with Gasteiger partial charge in [0, 0.05) is 0 Å². The number of rotatable bonds is 14. The van der Waals surface area contributed by atoms with E-state index >= 15 is 0 Å². The van der Waals surface area contributed by atoms with Crippen LogP contribution in [0.1, 0.15) is 96.0 Å². The fourth-order valence-electron chi connectivity index (χ4n) is 3.74. The molecule has 138 valence electrons. The first kappa shape index (κ1) is 20.0. The number of hydrogen-bond acceptors (Lipinski definition) is 0. The molecule has 0 aromatic heterocycles. The first-order valence-electron chi connectivity index (χ1n) is 10.9. The first-order chi connectivity index (χ1) is 12.4. The zero-order valence-electron chi connectivity index (χ0n) is 16.4. The second-order valence-electron chi connectivity index (χ2n) is 7.67. The summed E-state index contributed by atoms with van der Waals surface area (Å²) < 4.78 is 0. The topological polar surface area (TPSA) is 0 Å². The standard InChI is InChI=1S/C25H38/c1-2-3-4-5-6-7-8-9-10-11-12-13-14-17-23-20-21-24-18-15-16-19-25(24)22-23/h15-16,18-22H,2-14,17H2,1H3. The average molecular weight is 339 g/mol. The third kappa shape index (κ3) is 8.56. The molecule has 0 heteroatoms. The monoisotopic (exact) mass is 338 g/mol. The van der Waals surface area contributed by atoms with Crippen LogP contribution in [0.15, 0.2) is 42.5 Å². The quantitative estimate of drug-likeness (QED) is 0.303. The van der Waals surface area contributed by atoms with Gasteiger partial charge in [-0.15, -0.1) is 0 Å². The molecular weight excluding hydrogens is 300 g/mol. The van der Waals surface area contributed by atoms with Crippen molar-refractivity contribution in [3.05, 3.63) is 48.0 Å². The Morgan fingerprint density at radius 2 is 1.04 bits per heavy atom. The summed E-state index contributed by atoms with van der Waals surface area (Å²) in [6.07, 6.45) is 19.8. The van der Waals surface area contributed by atoms with Gasteiger partial charge in [0.05, 0.1) is 0 Å². The molecule has 0 radical (unpaired) electrons. The molecule has 0 N–H and O–H groups in total. The summed E-state index contributed by atoms with van der Waals surface area (Å²) in [5, 5.41) is 2.74. The summed E-state index contributed by atoms with van der Waals surface area (Å²) in [4.78, 5) is 0. The minimum atomic E-state index is 1.24. The molecule has 0 saturated heterocycles. The van der Waals surface area contributed by atoms with Gasteiger partial charge in [-0.3, -0.25) is 0 Å². The van der Waals surface area contributed by atoms with Gasteiger partial charge in [0.2, 0.25) is 0 Å². The number of benzene rings is 2. The van der Waals surface area contributed by atoms with E-state index in [4.69, 9.17) is 0 Å². The van der Waals surface area contributed by atoms with E-state index in [9.17, 15) is 0 Å². The highest BCUT2D eigenvalue weighted by Crippen LogP contribution is 2.18. The lowest BCUT2D eigenvalue weighted by Crippen LogP contribution is -1.87. The van der Waals surface area contributed by atoms with Gasteiger partial charge in [-0.25, -0.2) is 0 Å². The average Bonchev–Trinajstić information content (AvgIpc) is 2.65. The summed E-state index contributed by atoms with van der Waals surface area (Å²) in [7, 11) is 0. The molecule has 0 fully saturated rings. The Bertz CT molecular complexity index is 569. The number of hydrogen-bond donors (Lipinski definition) is 0. The molecule has 0 aliphatic carbocycles. The third-order valence-electron chi connectivity index (χ3n) is 5.38. The minimum Gasteiger partial charge on any atom is -0.0654 e. The van der Waals surface area contributed by atoms with E-state index in [0.717, 1.165) is 0 Å². The van der Waals surface area contributed by atoms with Crippen LogP contribution in [0.2, 0.25) is 0 Å². The molecule has 0 aliphatic rings. The molecule has 0 nitrogen and oxygen atoms in total. The Morgan fingerprint density at radius 1 is 0.520 bits per heavy atom. The maximum atomic E-state index is 2.37. The van der Waals surface area contributed by atoms with E-state index in [1.165, 1.54) is 106 Å². The smallest absolute Gasteiger partial charge is 0.0181 e. The Balaban J connectivity index is 1.43. The molecule has 2 rings (SSSR count). The van der Waals surface area contributed by atoms with Crippen molar-refractivity contribution in [2.75, 3.05) is 0 Å².